The molecule has 0 radical (unpaired) electrons. The molecule has 0 fully saturated rings. The molecule has 21 heavy (non-hydrogen) atoms. The van der Waals surface area contributed by atoms with Crippen LogP contribution in [0.4, 0.5) is 0 Å². The lowest BCUT2D eigenvalue weighted by Gasteiger charge is -2.16. The first-order valence-electron chi connectivity index (χ1n) is 7.27. The zero-order chi connectivity index (χ0) is 15.3. The molecule has 1 aromatic carbocycles. The fourth-order valence-electron chi connectivity index (χ4n) is 2.07. The predicted molar refractivity (Wildman–Crippen MR) is 95.1 cm³/mol. The smallest absolute Gasteiger partial charge is 0.103 e. The molecule has 0 aliphatic carbocycles. The maximum absolute atomic E-state index is 4.78. The number of benzene rings is 1. The van der Waals surface area contributed by atoms with Crippen LogP contribution in [0.3, 0.4) is 0 Å². The fraction of sp³-hybridized carbons (Fsp3) is 0.471. The first-order chi connectivity index (χ1) is 9.98. The van der Waals surface area contributed by atoms with Gasteiger partial charge in [-0.3, -0.25) is 0 Å². The molecule has 0 aliphatic heterocycles. The minimum Gasteiger partial charge on any atom is -0.313 e. The van der Waals surface area contributed by atoms with Crippen LogP contribution in [0, 0.1) is 0 Å². The molecule has 1 unspecified atom stereocenters. The van der Waals surface area contributed by atoms with E-state index in [0.29, 0.717) is 10.8 Å². The normalized spacial score (nSPS) is 13.3. The Hall–Kier alpha value is -0.840. The van der Waals surface area contributed by atoms with Crippen molar-refractivity contribution in [1.82, 2.24) is 10.3 Å². The number of thioether (sulfide) groups is 1. The summed E-state index contributed by atoms with van der Waals surface area (Å²) >= 11 is 3.73. The lowest BCUT2D eigenvalue weighted by Crippen LogP contribution is -2.18. The molecule has 2 nitrogen and oxygen atoms in total. The minimum atomic E-state index is 0.295. The number of aromatic nitrogens is 1. The molecule has 2 aromatic rings. The Bertz CT molecular complexity index is 543. The molecule has 0 aliphatic rings. The Morgan fingerprint density at radius 3 is 2.57 bits per heavy atom. The van der Waals surface area contributed by atoms with Gasteiger partial charge in [0.15, 0.2) is 0 Å². The summed E-state index contributed by atoms with van der Waals surface area (Å²) in [7, 11) is 2.01. The maximum Gasteiger partial charge on any atom is 0.103 e. The third kappa shape index (κ3) is 5.46. The summed E-state index contributed by atoms with van der Waals surface area (Å²) in [6.45, 7) is 6.75. The van der Waals surface area contributed by atoms with E-state index in [1.807, 2.05) is 18.8 Å². The molecule has 114 valence electrons. The SMILES string of the molecule is CNC(Cc1csc(CSC(C)(C)C)n1)c1ccccc1. The lowest BCUT2D eigenvalue weighted by molar-refractivity contribution is 0.585. The molecule has 1 aromatic heterocycles. The van der Waals surface area contributed by atoms with E-state index < -0.39 is 0 Å². The summed E-state index contributed by atoms with van der Waals surface area (Å²) < 4.78 is 0.295. The van der Waals surface area contributed by atoms with E-state index in [0.717, 1.165) is 12.2 Å². The molecular formula is C17H24N2S2. The van der Waals surface area contributed by atoms with Crippen molar-refractivity contribution in [1.29, 1.82) is 0 Å². The number of likely N-dealkylation sites (N-methyl/N-ethyl adjacent to an activating group) is 1. The number of thiazole rings is 1. The second kappa shape index (κ2) is 7.43. The molecular weight excluding hydrogens is 296 g/mol. The Labute approximate surface area is 136 Å². The van der Waals surface area contributed by atoms with Gasteiger partial charge < -0.3 is 5.32 Å². The zero-order valence-corrected chi connectivity index (χ0v) is 14.9. The lowest BCUT2D eigenvalue weighted by atomic mass is 10.0. The average Bonchev–Trinajstić information content (AvgIpc) is 2.90. The average molecular weight is 321 g/mol. The highest BCUT2D eigenvalue weighted by molar-refractivity contribution is 7.99. The van der Waals surface area contributed by atoms with Gasteiger partial charge in [0.2, 0.25) is 0 Å². The van der Waals surface area contributed by atoms with Crippen molar-refractivity contribution < 1.29 is 0 Å². The van der Waals surface area contributed by atoms with Gasteiger partial charge in [0.25, 0.3) is 0 Å². The van der Waals surface area contributed by atoms with Gasteiger partial charge in [-0.15, -0.1) is 23.1 Å². The molecule has 0 amide bonds. The number of hydrogen-bond donors (Lipinski definition) is 1. The molecule has 0 spiro atoms. The van der Waals surface area contributed by atoms with Crippen LogP contribution in [0.1, 0.15) is 43.1 Å². The number of hydrogen-bond acceptors (Lipinski definition) is 4. The number of rotatable bonds is 6. The zero-order valence-electron chi connectivity index (χ0n) is 13.2. The number of nitrogens with zero attached hydrogens (tertiary/aromatic N) is 1. The summed E-state index contributed by atoms with van der Waals surface area (Å²) in [5.74, 6) is 1.00. The van der Waals surface area contributed by atoms with Crippen LogP contribution >= 0.6 is 23.1 Å². The van der Waals surface area contributed by atoms with Gasteiger partial charge in [-0.1, -0.05) is 51.1 Å². The van der Waals surface area contributed by atoms with Crippen molar-refractivity contribution >= 4 is 23.1 Å². The van der Waals surface area contributed by atoms with Crippen LogP contribution in [0.25, 0.3) is 0 Å². The third-order valence-electron chi connectivity index (χ3n) is 3.19. The summed E-state index contributed by atoms with van der Waals surface area (Å²) in [5.41, 5.74) is 2.51. The highest BCUT2D eigenvalue weighted by atomic mass is 32.2. The van der Waals surface area contributed by atoms with E-state index >= 15 is 0 Å². The third-order valence-corrected chi connectivity index (χ3v) is 5.56. The van der Waals surface area contributed by atoms with Crippen molar-refractivity contribution in [2.24, 2.45) is 0 Å². The standard InChI is InChI=1S/C17H24N2S2/c1-17(2,3)21-12-16-19-14(11-20-16)10-15(18-4)13-8-6-5-7-9-13/h5-9,11,15,18H,10,12H2,1-4H3. The largest absolute Gasteiger partial charge is 0.313 e. The molecule has 1 atom stereocenters. The molecule has 1 heterocycles. The second-order valence-corrected chi connectivity index (χ2v) is 8.83. The van der Waals surface area contributed by atoms with Crippen LogP contribution in [0.15, 0.2) is 35.7 Å². The van der Waals surface area contributed by atoms with Gasteiger partial charge in [0, 0.05) is 28.3 Å². The van der Waals surface area contributed by atoms with Crippen LogP contribution in [-0.4, -0.2) is 16.8 Å². The minimum absolute atomic E-state index is 0.295. The topological polar surface area (TPSA) is 24.9 Å². The summed E-state index contributed by atoms with van der Waals surface area (Å²) in [5, 5.41) is 6.82. The summed E-state index contributed by atoms with van der Waals surface area (Å²) in [4.78, 5) is 4.78. The van der Waals surface area contributed by atoms with E-state index in [-0.39, 0.29) is 0 Å². The van der Waals surface area contributed by atoms with Crippen molar-refractivity contribution in [3.63, 3.8) is 0 Å². The van der Waals surface area contributed by atoms with Gasteiger partial charge in [0.1, 0.15) is 5.01 Å². The fourth-order valence-corrected chi connectivity index (χ4v) is 3.73. The maximum atomic E-state index is 4.78. The highest BCUT2D eigenvalue weighted by Crippen LogP contribution is 2.29. The van der Waals surface area contributed by atoms with Crippen LogP contribution in [-0.2, 0) is 12.2 Å². The molecule has 1 N–H and O–H groups in total. The van der Waals surface area contributed by atoms with Gasteiger partial charge in [-0.05, 0) is 12.6 Å². The van der Waals surface area contributed by atoms with E-state index in [1.165, 1.54) is 16.3 Å². The molecule has 0 saturated carbocycles. The summed E-state index contributed by atoms with van der Waals surface area (Å²) in [6, 6.07) is 10.9. The Balaban J connectivity index is 1.98. The Kier molecular flexibility index (Phi) is 5.85. The molecule has 0 bridgehead atoms. The predicted octanol–water partition coefficient (Wildman–Crippen LogP) is 4.68. The Morgan fingerprint density at radius 1 is 1.24 bits per heavy atom. The first kappa shape index (κ1) is 16.5. The van der Waals surface area contributed by atoms with Crippen molar-refractivity contribution in [3.8, 4) is 0 Å². The van der Waals surface area contributed by atoms with E-state index in [4.69, 9.17) is 4.98 Å². The molecule has 4 heteroatoms. The van der Waals surface area contributed by atoms with Gasteiger partial charge >= 0.3 is 0 Å². The first-order valence-corrected chi connectivity index (χ1v) is 9.14. The van der Waals surface area contributed by atoms with Crippen LogP contribution < -0.4 is 5.32 Å². The van der Waals surface area contributed by atoms with Crippen LogP contribution in [0.5, 0.6) is 0 Å². The van der Waals surface area contributed by atoms with Crippen molar-refractivity contribution in [3.05, 3.63) is 52.0 Å². The molecule has 0 saturated heterocycles. The van der Waals surface area contributed by atoms with Crippen molar-refractivity contribution in [2.45, 2.75) is 43.7 Å². The quantitative estimate of drug-likeness (QED) is 0.836. The van der Waals surface area contributed by atoms with E-state index in [2.05, 4.69) is 61.8 Å². The molecule has 2 rings (SSSR count). The Morgan fingerprint density at radius 2 is 1.95 bits per heavy atom. The van der Waals surface area contributed by atoms with Gasteiger partial charge in [0.05, 0.1) is 5.69 Å². The monoisotopic (exact) mass is 320 g/mol. The van der Waals surface area contributed by atoms with E-state index in [1.54, 1.807) is 11.3 Å². The van der Waals surface area contributed by atoms with Gasteiger partial charge in [-0.2, -0.15) is 0 Å². The van der Waals surface area contributed by atoms with Crippen molar-refractivity contribution in [2.75, 3.05) is 7.05 Å². The summed E-state index contributed by atoms with van der Waals surface area (Å²) in [6.07, 6.45) is 0.942. The second-order valence-electron chi connectivity index (χ2n) is 6.09. The van der Waals surface area contributed by atoms with Crippen LogP contribution in [0.2, 0.25) is 0 Å². The van der Waals surface area contributed by atoms with Gasteiger partial charge in [-0.25, -0.2) is 4.98 Å². The number of nitrogens with one attached hydrogen (secondary N) is 1. The highest BCUT2D eigenvalue weighted by Gasteiger charge is 2.14. The van der Waals surface area contributed by atoms with E-state index in [9.17, 15) is 0 Å².